The number of carbonyl (C=O) groups excluding carboxylic acids is 1. The molecule has 118 valence electrons. The fraction of sp³-hybridized carbons (Fsp3) is 0.267. The van der Waals surface area contributed by atoms with Crippen molar-refractivity contribution in [2.24, 2.45) is 0 Å². The average Bonchev–Trinajstić information content (AvgIpc) is 3.03. The lowest BCUT2D eigenvalue weighted by molar-refractivity contribution is 0.0952. The highest BCUT2D eigenvalue weighted by molar-refractivity contribution is 5.97. The van der Waals surface area contributed by atoms with Gasteiger partial charge < -0.3 is 5.32 Å². The first kappa shape index (κ1) is 14.9. The Balaban J connectivity index is 1.61. The zero-order valence-electron chi connectivity index (χ0n) is 12.6. The molecule has 0 unspecified atom stereocenters. The Morgan fingerprint density at radius 3 is 2.87 bits per heavy atom. The summed E-state index contributed by atoms with van der Waals surface area (Å²) in [4.78, 5) is 28.1. The zero-order chi connectivity index (χ0) is 16.2. The summed E-state index contributed by atoms with van der Waals surface area (Å²) in [5.41, 5.74) is 2.48. The van der Waals surface area contributed by atoms with Gasteiger partial charge in [0, 0.05) is 30.4 Å². The first-order chi connectivity index (χ1) is 11.2. The predicted molar refractivity (Wildman–Crippen MR) is 84.1 cm³/mol. The van der Waals surface area contributed by atoms with Gasteiger partial charge in [-0.2, -0.15) is 15.4 Å². The van der Waals surface area contributed by atoms with Gasteiger partial charge in [-0.25, -0.2) is 4.98 Å². The van der Waals surface area contributed by atoms with Crippen LogP contribution in [0, 0.1) is 0 Å². The van der Waals surface area contributed by atoms with Crippen LogP contribution in [-0.2, 0) is 13.0 Å². The summed E-state index contributed by atoms with van der Waals surface area (Å²) >= 11 is 0. The van der Waals surface area contributed by atoms with Gasteiger partial charge in [0.1, 0.15) is 11.0 Å². The summed E-state index contributed by atoms with van der Waals surface area (Å²) in [6.07, 6.45) is 2.23. The molecule has 2 aromatic heterocycles. The van der Waals surface area contributed by atoms with Gasteiger partial charge in [0.05, 0.1) is 6.33 Å². The largest absolute Gasteiger partial charge is 0.350 e. The maximum atomic E-state index is 12.1. The summed E-state index contributed by atoms with van der Waals surface area (Å²) in [5.74, 6) is -0.221. The minimum absolute atomic E-state index is 0.116. The van der Waals surface area contributed by atoms with Gasteiger partial charge in [0.2, 0.25) is 0 Å². The van der Waals surface area contributed by atoms with Crippen LogP contribution in [-0.4, -0.2) is 37.4 Å². The number of carbonyl (C=O) groups is 1. The number of fused-ring (bicyclic) bond motifs is 1. The molecule has 0 aliphatic carbocycles. The van der Waals surface area contributed by atoms with Gasteiger partial charge in [0.25, 0.3) is 11.5 Å². The molecule has 1 aromatic carbocycles. The van der Waals surface area contributed by atoms with Crippen molar-refractivity contribution in [2.75, 3.05) is 6.54 Å². The molecule has 0 saturated carbocycles. The highest BCUT2D eigenvalue weighted by Crippen LogP contribution is 2.10. The van der Waals surface area contributed by atoms with Gasteiger partial charge >= 0.3 is 0 Å². The number of amides is 1. The molecule has 8 nitrogen and oxygen atoms in total. The van der Waals surface area contributed by atoms with Crippen molar-refractivity contribution in [3.8, 4) is 0 Å². The van der Waals surface area contributed by atoms with E-state index in [4.69, 9.17) is 0 Å². The molecule has 0 radical (unpaired) electrons. The number of aromatic amines is 1. The normalized spacial score (nSPS) is 10.8. The van der Waals surface area contributed by atoms with Crippen molar-refractivity contribution in [3.63, 3.8) is 0 Å². The topological polar surface area (TPSA) is 106 Å². The van der Waals surface area contributed by atoms with E-state index in [9.17, 15) is 9.59 Å². The molecular weight excluding hydrogens is 296 g/mol. The standard InChI is InChI=1S/C15H16N6O2/c1-2-11-8-14(22)21(9-17-11)6-5-16-15(23)10-3-4-12-13(7-10)19-20-18-12/h3-4,7-9H,2,5-6H2,1H3,(H,16,23)(H,18,19,20). The quantitative estimate of drug-likeness (QED) is 0.714. The molecule has 23 heavy (non-hydrogen) atoms. The zero-order valence-corrected chi connectivity index (χ0v) is 12.6. The first-order valence-electron chi connectivity index (χ1n) is 7.31. The van der Waals surface area contributed by atoms with E-state index < -0.39 is 0 Å². The molecule has 2 N–H and O–H groups in total. The molecule has 0 fully saturated rings. The third kappa shape index (κ3) is 3.25. The smallest absolute Gasteiger partial charge is 0.253 e. The third-order valence-corrected chi connectivity index (χ3v) is 3.52. The van der Waals surface area contributed by atoms with E-state index in [1.54, 1.807) is 18.2 Å². The molecule has 2 heterocycles. The summed E-state index contributed by atoms with van der Waals surface area (Å²) in [5, 5.41) is 13.2. The van der Waals surface area contributed by atoms with E-state index in [1.165, 1.54) is 17.0 Å². The number of nitrogens with zero attached hydrogens (tertiary/aromatic N) is 4. The number of aromatic nitrogens is 5. The van der Waals surface area contributed by atoms with Crippen LogP contribution in [0.5, 0.6) is 0 Å². The lowest BCUT2D eigenvalue weighted by atomic mass is 10.2. The Labute approximate surface area is 131 Å². The van der Waals surface area contributed by atoms with Crippen LogP contribution >= 0.6 is 0 Å². The van der Waals surface area contributed by atoms with Crippen molar-refractivity contribution in [2.45, 2.75) is 19.9 Å². The number of hydrogen-bond donors (Lipinski definition) is 2. The molecule has 3 rings (SSSR count). The fourth-order valence-electron chi connectivity index (χ4n) is 2.20. The molecule has 0 spiro atoms. The van der Waals surface area contributed by atoms with Crippen LogP contribution < -0.4 is 10.9 Å². The fourth-order valence-corrected chi connectivity index (χ4v) is 2.20. The Morgan fingerprint density at radius 1 is 1.26 bits per heavy atom. The third-order valence-electron chi connectivity index (χ3n) is 3.52. The number of hydrogen-bond acceptors (Lipinski definition) is 5. The van der Waals surface area contributed by atoms with Crippen molar-refractivity contribution < 1.29 is 4.79 Å². The minimum atomic E-state index is -0.221. The van der Waals surface area contributed by atoms with Crippen molar-refractivity contribution >= 4 is 16.9 Å². The van der Waals surface area contributed by atoms with Crippen LogP contribution in [0.1, 0.15) is 23.0 Å². The van der Waals surface area contributed by atoms with Crippen LogP contribution in [0.2, 0.25) is 0 Å². The van der Waals surface area contributed by atoms with Crippen molar-refractivity contribution in [1.82, 2.24) is 30.3 Å². The second-order valence-electron chi connectivity index (χ2n) is 5.05. The van der Waals surface area contributed by atoms with Gasteiger partial charge in [0.15, 0.2) is 0 Å². The van der Waals surface area contributed by atoms with Crippen LogP contribution in [0.25, 0.3) is 11.0 Å². The van der Waals surface area contributed by atoms with Crippen LogP contribution in [0.3, 0.4) is 0 Å². The van der Waals surface area contributed by atoms with Crippen LogP contribution in [0.15, 0.2) is 35.4 Å². The molecule has 1 amide bonds. The second-order valence-corrected chi connectivity index (χ2v) is 5.05. The maximum Gasteiger partial charge on any atom is 0.253 e. The predicted octanol–water partition coefficient (Wildman–Crippen LogP) is 0.507. The molecule has 0 saturated heterocycles. The van der Waals surface area contributed by atoms with Crippen molar-refractivity contribution in [3.05, 3.63) is 52.2 Å². The molecule has 3 aromatic rings. The Hall–Kier alpha value is -3.03. The molecule has 8 heteroatoms. The maximum absolute atomic E-state index is 12.1. The van der Waals surface area contributed by atoms with Gasteiger partial charge in [-0.3, -0.25) is 14.2 Å². The van der Waals surface area contributed by atoms with E-state index >= 15 is 0 Å². The highest BCUT2D eigenvalue weighted by atomic mass is 16.1. The number of nitrogens with one attached hydrogen (secondary N) is 2. The van der Waals surface area contributed by atoms with E-state index in [2.05, 4.69) is 25.7 Å². The highest BCUT2D eigenvalue weighted by Gasteiger charge is 2.08. The van der Waals surface area contributed by atoms with Gasteiger partial charge in [-0.1, -0.05) is 6.92 Å². The SMILES string of the molecule is CCc1cc(=O)n(CCNC(=O)c2ccc3n[nH]nc3c2)cn1. The molecule has 0 bridgehead atoms. The van der Waals surface area contributed by atoms with Crippen molar-refractivity contribution in [1.29, 1.82) is 0 Å². The first-order valence-corrected chi connectivity index (χ1v) is 7.31. The summed E-state index contributed by atoms with van der Waals surface area (Å²) < 4.78 is 1.47. The molecular formula is C15H16N6O2. The molecule has 0 aliphatic heterocycles. The van der Waals surface area contributed by atoms with E-state index in [-0.39, 0.29) is 11.5 Å². The lowest BCUT2D eigenvalue weighted by Gasteiger charge is -2.07. The lowest BCUT2D eigenvalue weighted by Crippen LogP contribution is -2.31. The summed E-state index contributed by atoms with van der Waals surface area (Å²) in [6, 6.07) is 6.59. The van der Waals surface area contributed by atoms with E-state index in [0.717, 1.165) is 12.1 Å². The van der Waals surface area contributed by atoms with Gasteiger partial charge in [-0.05, 0) is 24.6 Å². The Bertz CT molecular complexity index is 898. The second kappa shape index (κ2) is 6.39. The van der Waals surface area contributed by atoms with Gasteiger partial charge in [-0.15, -0.1) is 0 Å². The van der Waals surface area contributed by atoms with E-state index in [0.29, 0.717) is 29.7 Å². The number of rotatable bonds is 5. The summed E-state index contributed by atoms with van der Waals surface area (Å²) in [7, 11) is 0. The number of benzene rings is 1. The van der Waals surface area contributed by atoms with Crippen LogP contribution in [0.4, 0.5) is 0 Å². The molecule has 0 aliphatic rings. The number of H-pyrrole nitrogens is 1. The monoisotopic (exact) mass is 312 g/mol. The average molecular weight is 312 g/mol. The molecule has 0 atom stereocenters. The minimum Gasteiger partial charge on any atom is -0.350 e. The Morgan fingerprint density at radius 2 is 2.09 bits per heavy atom. The van der Waals surface area contributed by atoms with E-state index in [1.807, 2.05) is 6.92 Å². The number of aryl methyl sites for hydroxylation is 1. The summed E-state index contributed by atoms with van der Waals surface area (Å²) in [6.45, 7) is 2.65. The Kier molecular flexibility index (Phi) is 4.13.